The first-order valence-electron chi connectivity index (χ1n) is 6.92. The van der Waals surface area contributed by atoms with Gasteiger partial charge < -0.3 is 5.32 Å². The van der Waals surface area contributed by atoms with Crippen molar-refractivity contribution in [2.24, 2.45) is 0 Å². The number of aromatic nitrogens is 3. The number of rotatable bonds is 7. The lowest BCUT2D eigenvalue weighted by Gasteiger charge is -2.09. The Labute approximate surface area is 118 Å². The quantitative estimate of drug-likeness (QED) is 0.846. The van der Waals surface area contributed by atoms with E-state index in [1.807, 2.05) is 17.1 Å². The van der Waals surface area contributed by atoms with Gasteiger partial charge in [-0.1, -0.05) is 13.8 Å². The zero-order valence-electron chi connectivity index (χ0n) is 11.9. The van der Waals surface area contributed by atoms with E-state index >= 15 is 0 Å². The van der Waals surface area contributed by atoms with Crippen molar-refractivity contribution < 1.29 is 0 Å². The predicted molar refractivity (Wildman–Crippen MR) is 79.3 cm³/mol. The molecule has 0 amide bonds. The summed E-state index contributed by atoms with van der Waals surface area (Å²) in [7, 11) is 0. The van der Waals surface area contributed by atoms with Gasteiger partial charge in [0.2, 0.25) is 0 Å². The maximum atomic E-state index is 4.47. The Bertz CT molecular complexity index is 503. The molecule has 104 valence electrons. The highest BCUT2D eigenvalue weighted by molar-refractivity contribution is 7.11. The third-order valence-corrected chi connectivity index (χ3v) is 4.37. The lowest BCUT2D eigenvalue weighted by atomic mass is 10.3. The maximum Gasteiger partial charge on any atom is 0.109 e. The van der Waals surface area contributed by atoms with Gasteiger partial charge in [-0.15, -0.1) is 11.3 Å². The summed E-state index contributed by atoms with van der Waals surface area (Å²) in [6, 6.07) is 0.292. The van der Waals surface area contributed by atoms with Crippen LogP contribution in [0.3, 0.4) is 0 Å². The van der Waals surface area contributed by atoms with E-state index in [1.54, 1.807) is 11.3 Å². The molecule has 0 aliphatic rings. The molecule has 5 heteroatoms. The summed E-state index contributed by atoms with van der Waals surface area (Å²) in [6.45, 7) is 8.31. The highest BCUT2D eigenvalue weighted by atomic mass is 32.1. The number of nitrogens with one attached hydrogen (secondary N) is 1. The molecule has 0 fully saturated rings. The van der Waals surface area contributed by atoms with Gasteiger partial charge >= 0.3 is 0 Å². The Balaban J connectivity index is 1.86. The molecule has 2 aromatic rings. The van der Waals surface area contributed by atoms with Crippen molar-refractivity contribution in [3.63, 3.8) is 0 Å². The van der Waals surface area contributed by atoms with E-state index in [-0.39, 0.29) is 0 Å². The van der Waals surface area contributed by atoms with Crippen LogP contribution in [0.15, 0.2) is 18.6 Å². The van der Waals surface area contributed by atoms with Crippen LogP contribution >= 0.6 is 11.3 Å². The molecule has 4 nitrogen and oxygen atoms in total. The van der Waals surface area contributed by atoms with Crippen LogP contribution in [0.4, 0.5) is 0 Å². The average Bonchev–Trinajstić information content (AvgIpc) is 3.05. The minimum atomic E-state index is 0.292. The van der Waals surface area contributed by atoms with Crippen molar-refractivity contribution in [1.82, 2.24) is 20.1 Å². The van der Waals surface area contributed by atoms with E-state index in [2.05, 4.69) is 42.4 Å². The normalized spacial score (nSPS) is 12.8. The molecular weight excluding hydrogens is 256 g/mol. The molecule has 19 heavy (non-hydrogen) atoms. The fourth-order valence-corrected chi connectivity index (χ4v) is 2.78. The first kappa shape index (κ1) is 14.2. The zero-order chi connectivity index (χ0) is 13.7. The molecule has 2 rings (SSSR count). The Hall–Kier alpha value is -1.20. The van der Waals surface area contributed by atoms with Crippen LogP contribution in [0, 0.1) is 0 Å². The Morgan fingerprint density at radius 3 is 2.89 bits per heavy atom. The van der Waals surface area contributed by atoms with Gasteiger partial charge in [-0.3, -0.25) is 4.68 Å². The summed E-state index contributed by atoms with van der Waals surface area (Å²) in [5, 5.41) is 9.00. The van der Waals surface area contributed by atoms with Gasteiger partial charge in [0.05, 0.1) is 12.2 Å². The molecule has 1 unspecified atom stereocenters. The smallest absolute Gasteiger partial charge is 0.109 e. The van der Waals surface area contributed by atoms with Gasteiger partial charge in [0.15, 0.2) is 0 Å². The second kappa shape index (κ2) is 6.82. The molecule has 0 aliphatic heterocycles. The minimum absolute atomic E-state index is 0.292. The van der Waals surface area contributed by atoms with Crippen molar-refractivity contribution in [3.8, 4) is 0 Å². The summed E-state index contributed by atoms with van der Waals surface area (Å²) in [5.74, 6) is 0. The van der Waals surface area contributed by atoms with Crippen molar-refractivity contribution >= 4 is 11.3 Å². The predicted octanol–water partition coefficient (Wildman–Crippen LogP) is 3.16. The number of hydrogen-bond acceptors (Lipinski definition) is 4. The van der Waals surface area contributed by atoms with Gasteiger partial charge in [-0.2, -0.15) is 5.10 Å². The van der Waals surface area contributed by atoms with E-state index in [1.165, 1.54) is 10.4 Å². The Morgan fingerprint density at radius 2 is 2.21 bits per heavy atom. The van der Waals surface area contributed by atoms with Gasteiger partial charge in [-0.05, 0) is 19.8 Å². The fourth-order valence-electron chi connectivity index (χ4n) is 1.89. The monoisotopic (exact) mass is 278 g/mol. The van der Waals surface area contributed by atoms with E-state index in [0.29, 0.717) is 6.04 Å². The molecule has 0 saturated heterocycles. The molecular formula is C14H22N4S. The molecule has 0 bridgehead atoms. The first-order chi connectivity index (χ1) is 9.22. The lowest BCUT2D eigenvalue weighted by molar-refractivity contribution is 0.569. The van der Waals surface area contributed by atoms with E-state index in [9.17, 15) is 0 Å². The molecule has 2 aromatic heterocycles. The van der Waals surface area contributed by atoms with Crippen LogP contribution in [-0.4, -0.2) is 14.8 Å². The third kappa shape index (κ3) is 3.88. The van der Waals surface area contributed by atoms with Gasteiger partial charge in [0.1, 0.15) is 5.01 Å². The molecule has 1 N–H and O–H groups in total. The highest BCUT2D eigenvalue weighted by Gasteiger charge is 2.10. The van der Waals surface area contributed by atoms with Crippen LogP contribution in [0.5, 0.6) is 0 Å². The summed E-state index contributed by atoms with van der Waals surface area (Å²) in [6.07, 6.45) is 8.22. The zero-order valence-corrected chi connectivity index (χ0v) is 12.7. The van der Waals surface area contributed by atoms with E-state index < -0.39 is 0 Å². The topological polar surface area (TPSA) is 42.7 Å². The molecule has 0 aliphatic carbocycles. The van der Waals surface area contributed by atoms with Gasteiger partial charge in [0.25, 0.3) is 0 Å². The summed E-state index contributed by atoms with van der Waals surface area (Å²) >= 11 is 1.80. The van der Waals surface area contributed by atoms with E-state index in [0.717, 1.165) is 30.9 Å². The molecule has 0 spiro atoms. The average molecular weight is 278 g/mol. The fraction of sp³-hybridized carbons (Fsp3) is 0.571. The number of nitrogens with zero attached hydrogens (tertiary/aromatic N) is 3. The number of hydrogen-bond donors (Lipinski definition) is 1. The summed E-state index contributed by atoms with van der Waals surface area (Å²) in [4.78, 5) is 5.82. The maximum absolute atomic E-state index is 4.47. The van der Waals surface area contributed by atoms with Gasteiger partial charge in [0, 0.05) is 35.9 Å². The Kier molecular flexibility index (Phi) is 5.10. The molecule has 0 aromatic carbocycles. The highest BCUT2D eigenvalue weighted by Crippen LogP contribution is 2.20. The lowest BCUT2D eigenvalue weighted by Crippen LogP contribution is -2.17. The molecule has 0 saturated carbocycles. The third-order valence-electron chi connectivity index (χ3n) is 3.04. The van der Waals surface area contributed by atoms with Crippen LogP contribution in [0.2, 0.25) is 0 Å². The van der Waals surface area contributed by atoms with Crippen LogP contribution in [0.1, 0.15) is 48.7 Å². The second-order valence-corrected chi connectivity index (χ2v) is 5.88. The number of aryl methyl sites for hydroxylation is 2. The van der Waals surface area contributed by atoms with Crippen LogP contribution in [-0.2, 0) is 19.5 Å². The number of thiazole rings is 1. The van der Waals surface area contributed by atoms with Crippen molar-refractivity contribution in [2.45, 2.75) is 52.7 Å². The standard InChI is InChI=1S/C14H22N4S/c1-4-6-18-10-12(8-17-18)7-15-11(3)14-16-9-13(5-2)19-14/h8-11,15H,4-7H2,1-3H3. The largest absolute Gasteiger partial charge is 0.304 e. The SMILES string of the molecule is CCCn1cc(CNC(C)c2ncc(CC)s2)cn1. The molecule has 1 atom stereocenters. The summed E-state index contributed by atoms with van der Waals surface area (Å²) in [5.41, 5.74) is 1.23. The second-order valence-electron chi connectivity index (χ2n) is 4.73. The minimum Gasteiger partial charge on any atom is -0.304 e. The van der Waals surface area contributed by atoms with Crippen LogP contribution in [0.25, 0.3) is 0 Å². The molecule has 2 heterocycles. The van der Waals surface area contributed by atoms with Crippen molar-refractivity contribution in [3.05, 3.63) is 34.0 Å². The van der Waals surface area contributed by atoms with Crippen molar-refractivity contribution in [1.29, 1.82) is 0 Å². The van der Waals surface area contributed by atoms with Crippen LogP contribution < -0.4 is 5.32 Å². The van der Waals surface area contributed by atoms with E-state index in [4.69, 9.17) is 0 Å². The van der Waals surface area contributed by atoms with Gasteiger partial charge in [-0.25, -0.2) is 4.98 Å². The first-order valence-corrected chi connectivity index (χ1v) is 7.73. The van der Waals surface area contributed by atoms with Crippen molar-refractivity contribution in [2.75, 3.05) is 0 Å². The summed E-state index contributed by atoms with van der Waals surface area (Å²) < 4.78 is 2.00. The molecule has 0 radical (unpaired) electrons. The Morgan fingerprint density at radius 1 is 1.37 bits per heavy atom.